The smallest absolute Gasteiger partial charge is 0.0952 e. The molecule has 2 rings (SSSR count). The molecular formula is C14H26N4. The van der Waals surface area contributed by atoms with Crippen LogP contribution in [0.25, 0.3) is 0 Å². The number of aromatic nitrogens is 2. The van der Waals surface area contributed by atoms with E-state index < -0.39 is 0 Å². The minimum Gasteiger partial charge on any atom is -0.333 e. The standard InChI is InChI=1S/C14H26N4/c1-11(2)18(12(3)4)8-7-17-10-16-13-9-15-6-5-14(13)17/h10-12,15H,5-9H2,1-4H3. The normalized spacial score (nSPS) is 15.7. The van der Waals surface area contributed by atoms with Gasteiger partial charge in [0.2, 0.25) is 0 Å². The molecule has 2 heterocycles. The maximum atomic E-state index is 4.51. The Kier molecular flexibility index (Phi) is 4.40. The predicted octanol–water partition coefficient (Wildman–Crippen LogP) is 1.65. The summed E-state index contributed by atoms with van der Waals surface area (Å²) in [5, 5.41) is 3.37. The molecule has 1 aromatic rings. The quantitative estimate of drug-likeness (QED) is 0.862. The van der Waals surface area contributed by atoms with Crippen molar-refractivity contribution in [2.45, 2.75) is 59.3 Å². The Morgan fingerprint density at radius 2 is 2.06 bits per heavy atom. The lowest BCUT2D eigenvalue weighted by Gasteiger charge is -2.30. The predicted molar refractivity (Wildman–Crippen MR) is 74.6 cm³/mol. The average molecular weight is 250 g/mol. The number of rotatable bonds is 5. The molecule has 1 aliphatic heterocycles. The molecule has 102 valence electrons. The molecule has 0 saturated carbocycles. The molecule has 1 aromatic heterocycles. The van der Waals surface area contributed by atoms with Crippen molar-refractivity contribution in [2.75, 3.05) is 13.1 Å². The summed E-state index contributed by atoms with van der Waals surface area (Å²) in [6, 6.07) is 1.21. The summed E-state index contributed by atoms with van der Waals surface area (Å²) in [5.41, 5.74) is 2.67. The molecule has 0 aromatic carbocycles. The van der Waals surface area contributed by atoms with Crippen molar-refractivity contribution in [1.82, 2.24) is 19.8 Å². The molecule has 0 saturated heterocycles. The van der Waals surface area contributed by atoms with Gasteiger partial charge in [0.25, 0.3) is 0 Å². The summed E-state index contributed by atoms with van der Waals surface area (Å²) in [6.07, 6.45) is 3.12. The van der Waals surface area contributed by atoms with Gasteiger partial charge in [-0.2, -0.15) is 0 Å². The molecule has 1 N–H and O–H groups in total. The lowest BCUT2D eigenvalue weighted by atomic mass is 10.2. The van der Waals surface area contributed by atoms with Gasteiger partial charge in [0.05, 0.1) is 12.0 Å². The maximum absolute atomic E-state index is 4.51. The van der Waals surface area contributed by atoms with E-state index in [4.69, 9.17) is 0 Å². The van der Waals surface area contributed by atoms with Gasteiger partial charge in [0, 0.05) is 50.4 Å². The molecule has 0 radical (unpaired) electrons. The molecule has 0 amide bonds. The summed E-state index contributed by atoms with van der Waals surface area (Å²) in [5.74, 6) is 0. The first-order valence-corrected chi connectivity index (χ1v) is 7.09. The van der Waals surface area contributed by atoms with Crippen LogP contribution in [0.4, 0.5) is 0 Å². The zero-order valence-electron chi connectivity index (χ0n) is 12.1. The maximum Gasteiger partial charge on any atom is 0.0952 e. The Hall–Kier alpha value is -0.870. The number of hydrogen-bond acceptors (Lipinski definition) is 3. The number of nitrogens with zero attached hydrogens (tertiary/aromatic N) is 3. The number of imidazole rings is 1. The SMILES string of the molecule is CC(C)N(CCn1cnc2c1CCNC2)C(C)C. The van der Waals surface area contributed by atoms with Gasteiger partial charge >= 0.3 is 0 Å². The van der Waals surface area contributed by atoms with Gasteiger partial charge in [-0.25, -0.2) is 4.98 Å². The van der Waals surface area contributed by atoms with Gasteiger partial charge in [0.1, 0.15) is 0 Å². The number of hydrogen-bond donors (Lipinski definition) is 1. The monoisotopic (exact) mass is 250 g/mol. The second-order valence-corrected chi connectivity index (χ2v) is 5.68. The van der Waals surface area contributed by atoms with Crippen molar-refractivity contribution in [3.63, 3.8) is 0 Å². The van der Waals surface area contributed by atoms with Crippen LogP contribution in [-0.4, -0.2) is 39.6 Å². The Labute approximate surface area is 110 Å². The van der Waals surface area contributed by atoms with E-state index in [-0.39, 0.29) is 0 Å². The van der Waals surface area contributed by atoms with Crippen molar-refractivity contribution in [2.24, 2.45) is 0 Å². The molecule has 0 bridgehead atoms. The summed E-state index contributed by atoms with van der Waals surface area (Å²) in [7, 11) is 0. The van der Waals surface area contributed by atoms with Crippen LogP contribution in [-0.2, 0) is 19.5 Å². The first-order chi connectivity index (χ1) is 8.59. The molecule has 0 fully saturated rings. The van der Waals surface area contributed by atoms with E-state index >= 15 is 0 Å². The lowest BCUT2D eigenvalue weighted by Crippen LogP contribution is -2.39. The molecule has 18 heavy (non-hydrogen) atoms. The van der Waals surface area contributed by atoms with Crippen LogP contribution in [0, 0.1) is 0 Å². The van der Waals surface area contributed by atoms with Gasteiger partial charge in [-0.05, 0) is 27.7 Å². The fourth-order valence-corrected chi connectivity index (χ4v) is 2.83. The highest BCUT2D eigenvalue weighted by molar-refractivity contribution is 5.16. The largest absolute Gasteiger partial charge is 0.333 e. The molecule has 4 nitrogen and oxygen atoms in total. The van der Waals surface area contributed by atoms with Crippen molar-refractivity contribution in [3.8, 4) is 0 Å². The summed E-state index contributed by atoms with van der Waals surface area (Å²) in [6.45, 7) is 13.3. The topological polar surface area (TPSA) is 33.1 Å². The molecule has 0 aliphatic carbocycles. The van der Waals surface area contributed by atoms with Gasteiger partial charge in [-0.3, -0.25) is 4.90 Å². The Morgan fingerprint density at radius 1 is 1.33 bits per heavy atom. The highest BCUT2D eigenvalue weighted by Gasteiger charge is 2.17. The minimum atomic E-state index is 0.603. The van der Waals surface area contributed by atoms with E-state index in [2.05, 4.69) is 47.5 Å². The molecule has 0 spiro atoms. The molecule has 1 aliphatic rings. The van der Waals surface area contributed by atoms with E-state index in [0.29, 0.717) is 12.1 Å². The Morgan fingerprint density at radius 3 is 2.72 bits per heavy atom. The van der Waals surface area contributed by atoms with Gasteiger partial charge < -0.3 is 9.88 Å². The summed E-state index contributed by atoms with van der Waals surface area (Å²) < 4.78 is 2.34. The second kappa shape index (κ2) is 5.85. The molecule has 4 heteroatoms. The van der Waals surface area contributed by atoms with Crippen molar-refractivity contribution in [1.29, 1.82) is 0 Å². The van der Waals surface area contributed by atoms with Gasteiger partial charge in [-0.1, -0.05) is 0 Å². The van der Waals surface area contributed by atoms with E-state index in [1.165, 1.54) is 11.4 Å². The van der Waals surface area contributed by atoms with E-state index in [1.54, 1.807) is 0 Å². The zero-order chi connectivity index (χ0) is 13.1. The first-order valence-electron chi connectivity index (χ1n) is 7.09. The molecule has 0 unspecified atom stereocenters. The zero-order valence-corrected chi connectivity index (χ0v) is 12.1. The van der Waals surface area contributed by atoms with E-state index in [9.17, 15) is 0 Å². The van der Waals surface area contributed by atoms with Crippen LogP contribution in [0.15, 0.2) is 6.33 Å². The van der Waals surface area contributed by atoms with E-state index in [0.717, 1.165) is 32.6 Å². The lowest BCUT2D eigenvalue weighted by molar-refractivity contribution is 0.167. The van der Waals surface area contributed by atoms with Gasteiger partial charge in [0.15, 0.2) is 0 Å². The van der Waals surface area contributed by atoms with Gasteiger partial charge in [-0.15, -0.1) is 0 Å². The fraction of sp³-hybridized carbons (Fsp3) is 0.786. The first kappa shape index (κ1) is 13.6. The highest BCUT2D eigenvalue weighted by Crippen LogP contribution is 2.13. The second-order valence-electron chi connectivity index (χ2n) is 5.68. The molecular weight excluding hydrogens is 224 g/mol. The fourth-order valence-electron chi connectivity index (χ4n) is 2.83. The average Bonchev–Trinajstić information content (AvgIpc) is 2.72. The van der Waals surface area contributed by atoms with Crippen molar-refractivity contribution < 1.29 is 0 Å². The van der Waals surface area contributed by atoms with Crippen LogP contribution in [0.3, 0.4) is 0 Å². The van der Waals surface area contributed by atoms with Crippen LogP contribution in [0.2, 0.25) is 0 Å². The van der Waals surface area contributed by atoms with Crippen molar-refractivity contribution >= 4 is 0 Å². The third-order valence-electron chi connectivity index (χ3n) is 3.79. The minimum absolute atomic E-state index is 0.603. The van der Waals surface area contributed by atoms with Crippen LogP contribution >= 0.6 is 0 Å². The Balaban J connectivity index is 1.99. The van der Waals surface area contributed by atoms with Crippen molar-refractivity contribution in [3.05, 3.63) is 17.7 Å². The summed E-state index contributed by atoms with van der Waals surface area (Å²) >= 11 is 0. The number of fused-ring (bicyclic) bond motifs is 1. The van der Waals surface area contributed by atoms with E-state index in [1.807, 2.05) is 6.33 Å². The van der Waals surface area contributed by atoms with Crippen LogP contribution in [0.5, 0.6) is 0 Å². The highest BCUT2D eigenvalue weighted by atomic mass is 15.2. The summed E-state index contributed by atoms with van der Waals surface area (Å²) in [4.78, 5) is 7.04. The van der Waals surface area contributed by atoms with Crippen LogP contribution < -0.4 is 5.32 Å². The third-order valence-corrected chi connectivity index (χ3v) is 3.79. The third kappa shape index (κ3) is 2.93. The number of nitrogens with one attached hydrogen (secondary N) is 1. The molecule has 0 atom stereocenters. The Bertz CT molecular complexity index is 373. The van der Waals surface area contributed by atoms with Crippen LogP contribution in [0.1, 0.15) is 39.1 Å².